The van der Waals surface area contributed by atoms with Crippen LogP contribution in [0.3, 0.4) is 0 Å². The van der Waals surface area contributed by atoms with Crippen LogP contribution in [0.4, 0.5) is 13.2 Å². The molecule has 0 bridgehead atoms. The highest BCUT2D eigenvalue weighted by Gasteiger charge is 2.61. The molecule has 0 amide bonds. The molecular formula is C10H12F3NO3. The molecular weight excluding hydrogens is 239 g/mol. The van der Waals surface area contributed by atoms with E-state index in [9.17, 15) is 18.0 Å². The number of hydrogen-bond acceptors (Lipinski definition) is 4. The van der Waals surface area contributed by atoms with Gasteiger partial charge in [-0.25, -0.2) is 4.79 Å². The number of nitrogens with zero attached hydrogens (tertiary/aromatic N) is 1. The Balaban J connectivity index is 1.68. The molecule has 2 heterocycles. The summed E-state index contributed by atoms with van der Waals surface area (Å²) in [5.41, 5.74) is -0.408. The van der Waals surface area contributed by atoms with Gasteiger partial charge in [0.05, 0.1) is 17.7 Å². The number of hydroxylamine groups is 2. The molecule has 4 nitrogen and oxygen atoms in total. The van der Waals surface area contributed by atoms with E-state index in [0.29, 0.717) is 19.4 Å². The average Bonchev–Trinajstić information content (AvgIpc) is 2.67. The van der Waals surface area contributed by atoms with E-state index >= 15 is 0 Å². The van der Waals surface area contributed by atoms with E-state index in [1.165, 1.54) is 5.06 Å². The summed E-state index contributed by atoms with van der Waals surface area (Å²) < 4.78 is 41.7. The van der Waals surface area contributed by atoms with Gasteiger partial charge in [0.1, 0.15) is 0 Å². The number of ether oxygens (including phenoxy) is 1. The zero-order valence-electron chi connectivity index (χ0n) is 9.00. The van der Waals surface area contributed by atoms with Crippen molar-refractivity contribution in [3.8, 4) is 0 Å². The zero-order chi connectivity index (χ0) is 12.3. The van der Waals surface area contributed by atoms with Crippen molar-refractivity contribution >= 4 is 5.97 Å². The lowest BCUT2D eigenvalue weighted by atomic mass is 9.95. The van der Waals surface area contributed by atoms with Crippen LogP contribution in [0, 0.1) is 0 Å². The smallest absolute Gasteiger partial charge is 0.369 e. The molecule has 0 aromatic heterocycles. The number of epoxide rings is 1. The summed E-state index contributed by atoms with van der Waals surface area (Å²) in [6.07, 6.45) is -1.76. The Morgan fingerprint density at radius 3 is 2.59 bits per heavy atom. The molecule has 2 unspecified atom stereocenters. The molecule has 0 aromatic carbocycles. The highest BCUT2D eigenvalue weighted by atomic mass is 19.4. The van der Waals surface area contributed by atoms with Crippen LogP contribution in [-0.2, 0) is 14.4 Å². The Hall–Kier alpha value is -0.820. The number of hydrogen-bond donors (Lipinski definition) is 0. The third-order valence-corrected chi connectivity index (χ3v) is 3.81. The van der Waals surface area contributed by atoms with Gasteiger partial charge in [-0.3, -0.25) is 0 Å². The number of alkyl halides is 3. The summed E-state index contributed by atoms with van der Waals surface area (Å²) in [6, 6.07) is 0. The number of fused-ring (bicyclic) bond motifs is 1. The van der Waals surface area contributed by atoms with Crippen LogP contribution >= 0.6 is 0 Å². The molecule has 1 aliphatic carbocycles. The lowest BCUT2D eigenvalue weighted by Crippen LogP contribution is -2.46. The van der Waals surface area contributed by atoms with Crippen LogP contribution in [0.2, 0.25) is 0 Å². The fraction of sp³-hybridized carbons (Fsp3) is 0.900. The second kappa shape index (κ2) is 3.35. The fourth-order valence-electron chi connectivity index (χ4n) is 2.99. The van der Waals surface area contributed by atoms with Crippen molar-refractivity contribution < 1.29 is 27.5 Å². The molecule has 2 atom stereocenters. The van der Waals surface area contributed by atoms with Gasteiger partial charge in [0, 0.05) is 6.54 Å². The van der Waals surface area contributed by atoms with Gasteiger partial charge in [-0.05, 0) is 25.7 Å². The Morgan fingerprint density at radius 2 is 2.00 bits per heavy atom. The summed E-state index contributed by atoms with van der Waals surface area (Å²) >= 11 is 0. The van der Waals surface area contributed by atoms with E-state index in [2.05, 4.69) is 4.84 Å². The predicted molar refractivity (Wildman–Crippen MR) is 48.7 cm³/mol. The van der Waals surface area contributed by atoms with E-state index in [-0.39, 0.29) is 12.2 Å². The number of halogens is 3. The van der Waals surface area contributed by atoms with Crippen molar-refractivity contribution in [1.29, 1.82) is 0 Å². The molecule has 0 radical (unpaired) electrons. The van der Waals surface area contributed by atoms with Crippen molar-refractivity contribution in [1.82, 2.24) is 5.06 Å². The van der Waals surface area contributed by atoms with E-state index in [0.717, 1.165) is 12.8 Å². The summed E-state index contributed by atoms with van der Waals surface area (Å²) in [5.74, 6) is -2.12. The van der Waals surface area contributed by atoms with Crippen molar-refractivity contribution in [2.24, 2.45) is 0 Å². The summed E-state index contributed by atoms with van der Waals surface area (Å²) in [7, 11) is 0. The van der Waals surface area contributed by atoms with E-state index in [1.807, 2.05) is 0 Å². The molecule has 17 heavy (non-hydrogen) atoms. The first kappa shape index (κ1) is 11.3. The fourth-order valence-corrected chi connectivity index (χ4v) is 2.99. The monoisotopic (exact) mass is 251 g/mol. The molecule has 2 saturated heterocycles. The number of carbonyl (C=O) groups excluding carboxylic acids is 1. The SMILES string of the molecule is O=C(ON1CCCC12CC1OC1C2)C(F)(F)F. The van der Waals surface area contributed by atoms with Crippen LogP contribution in [0.1, 0.15) is 25.7 Å². The minimum atomic E-state index is -4.93. The first-order valence-electron chi connectivity index (χ1n) is 5.63. The maximum atomic E-state index is 12.1. The minimum absolute atomic E-state index is 0.153. The maximum Gasteiger partial charge on any atom is 0.492 e. The maximum absolute atomic E-state index is 12.1. The molecule has 3 rings (SSSR count). The Labute approximate surface area is 95.6 Å². The molecule has 3 fully saturated rings. The van der Waals surface area contributed by atoms with Crippen molar-refractivity contribution in [3.63, 3.8) is 0 Å². The van der Waals surface area contributed by atoms with Crippen LogP contribution in [0.15, 0.2) is 0 Å². The van der Waals surface area contributed by atoms with Gasteiger partial charge in [0.2, 0.25) is 0 Å². The van der Waals surface area contributed by atoms with Gasteiger partial charge >= 0.3 is 12.1 Å². The molecule has 7 heteroatoms. The van der Waals surface area contributed by atoms with Gasteiger partial charge < -0.3 is 9.57 Å². The summed E-state index contributed by atoms with van der Waals surface area (Å²) in [6.45, 7) is 0.376. The highest BCUT2D eigenvalue weighted by Crippen LogP contribution is 2.52. The summed E-state index contributed by atoms with van der Waals surface area (Å²) in [4.78, 5) is 15.3. The average molecular weight is 251 g/mol. The normalized spacial score (nSPS) is 40.6. The molecule has 3 aliphatic rings. The van der Waals surface area contributed by atoms with Gasteiger partial charge in [0.15, 0.2) is 0 Å². The second-order valence-corrected chi connectivity index (χ2v) is 4.93. The van der Waals surface area contributed by atoms with E-state index in [4.69, 9.17) is 4.74 Å². The van der Waals surface area contributed by atoms with Gasteiger partial charge in [0.25, 0.3) is 0 Å². The van der Waals surface area contributed by atoms with Crippen molar-refractivity contribution in [2.75, 3.05) is 6.54 Å². The Morgan fingerprint density at radius 1 is 1.35 bits per heavy atom. The first-order valence-corrected chi connectivity index (χ1v) is 5.63. The Kier molecular flexibility index (Phi) is 2.22. The topological polar surface area (TPSA) is 42.1 Å². The van der Waals surface area contributed by atoms with Gasteiger partial charge in [-0.1, -0.05) is 0 Å². The van der Waals surface area contributed by atoms with Crippen LogP contribution in [0.5, 0.6) is 0 Å². The molecule has 2 aliphatic heterocycles. The number of carbonyl (C=O) groups is 1. The lowest BCUT2D eigenvalue weighted by Gasteiger charge is -2.34. The summed E-state index contributed by atoms with van der Waals surface area (Å²) in [5, 5.41) is 1.23. The van der Waals surface area contributed by atoms with Crippen LogP contribution in [-0.4, -0.2) is 41.5 Å². The van der Waals surface area contributed by atoms with Crippen molar-refractivity contribution in [2.45, 2.75) is 49.6 Å². The van der Waals surface area contributed by atoms with E-state index < -0.39 is 17.7 Å². The lowest BCUT2D eigenvalue weighted by molar-refractivity contribution is -0.253. The number of rotatable bonds is 1. The Bertz CT molecular complexity index is 347. The van der Waals surface area contributed by atoms with E-state index in [1.54, 1.807) is 0 Å². The predicted octanol–water partition coefficient (Wildman–Crippen LogP) is 1.40. The third-order valence-electron chi connectivity index (χ3n) is 3.81. The standard InChI is InChI=1S/C10H12F3NO3/c11-10(12,13)8(15)17-14-3-1-2-9(14)4-6-7(5-9)16-6/h6-7H,1-5H2. The second-order valence-electron chi connectivity index (χ2n) is 4.93. The molecule has 0 N–H and O–H groups in total. The third kappa shape index (κ3) is 1.81. The molecule has 96 valence electrons. The van der Waals surface area contributed by atoms with Gasteiger partial charge in [-0.2, -0.15) is 13.2 Å². The molecule has 0 aromatic rings. The first-order chi connectivity index (χ1) is 7.91. The molecule has 1 saturated carbocycles. The minimum Gasteiger partial charge on any atom is -0.369 e. The quantitative estimate of drug-likeness (QED) is 0.661. The van der Waals surface area contributed by atoms with Crippen molar-refractivity contribution in [3.05, 3.63) is 0 Å². The largest absolute Gasteiger partial charge is 0.492 e. The highest BCUT2D eigenvalue weighted by molar-refractivity contribution is 5.75. The zero-order valence-corrected chi connectivity index (χ0v) is 9.00. The van der Waals surface area contributed by atoms with Gasteiger partial charge in [-0.15, -0.1) is 5.06 Å². The van der Waals surface area contributed by atoms with Crippen LogP contribution in [0.25, 0.3) is 0 Å². The molecule has 1 spiro atoms. The van der Waals surface area contributed by atoms with Crippen LogP contribution < -0.4 is 0 Å².